The van der Waals surface area contributed by atoms with Crippen LogP contribution >= 0.6 is 0 Å². The fourth-order valence-electron chi connectivity index (χ4n) is 3.35. The number of hydrogen-bond acceptors (Lipinski definition) is 4. The summed E-state index contributed by atoms with van der Waals surface area (Å²) in [5.41, 5.74) is 0.456. The molecule has 26 heavy (non-hydrogen) atoms. The second-order valence-corrected chi connectivity index (χ2v) is 8.92. The van der Waals surface area contributed by atoms with Crippen LogP contribution < -0.4 is 10.0 Å². The first-order valence-electron chi connectivity index (χ1n) is 9.19. The van der Waals surface area contributed by atoms with Crippen LogP contribution in [0.3, 0.4) is 0 Å². The van der Waals surface area contributed by atoms with Crippen molar-refractivity contribution in [3.8, 4) is 0 Å². The summed E-state index contributed by atoms with van der Waals surface area (Å²) >= 11 is 0. The number of urea groups is 1. The second kappa shape index (κ2) is 8.66. The van der Waals surface area contributed by atoms with Crippen LogP contribution in [-0.4, -0.2) is 26.3 Å². The highest BCUT2D eigenvalue weighted by molar-refractivity contribution is 7.90. The Morgan fingerprint density at radius 3 is 2.15 bits per heavy atom. The van der Waals surface area contributed by atoms with Crippen LogP contribution in [0.25, 0.3) is 0 Å². The molecular weight excluding hydrogens is 352 g/mol. The Labute approximate surface area is 155 Å². The van der Waals surface area contributed by atoms with Gasteiger partial charge in [-0.3, -0.25) is 4.79 Å². The Morgan fingerprint density at radius 2 is 1.65 bits per heavy atom. The number of nitrogens with one attached hydrogen (secondary N) is 2. The second-order valence-electron chi connectivity index (χ2n) is 7.24. The lowest BCUT2D eigenvalue weighted by Crippen LogP contribution is -2.45. The number of benzene rings is 1. The molecule has 0 aromatic heterocycles. The van der Waals surface area contributed by atoms with Crippen molar-refractivity contribution < 1.29 is 18.0 Å². The number of ketones is 1. The first-order valence-corrected chi connectivity index (χ1v) is 10.7. The molecule has 2 amide bonds. The van der Waals surface area contributed by atoms with Gasteiger partial charge in [-0.05, 0) is 49.7 Å². The normalized spacial score (nSPS) is 20.6. The summed E-state index contributed by atoms with van der Waals surface area (Å²) in [4.78, 5) is 23.7. The highest BCUT2D eigenvalue weighted by Crippen LogP contribution is 2.29. The van der Waals surface area contributed by atoms with Gasteiger partial charge in [0, 0.05) is 18.0 Å². The van der Waals surface area contributed by atoms with E-state index in [9.17, 15) is 18.0 Å². The van der Waals surface area contributed by atoms with Gasteiger partial charge in [-0.25, -0.2) is 17.9 Å². The predicted molar refractivity (Wildman–Crippen MR) is 101 cm³/mol. The molecule has 0 radical (unpaired) electrons. The number of rotatable bonds is 6. The first kappa shape index (κ1) is 20.4. The molecule has 1 aromatic rings. The van der Waals surface area contributed by atoms with E-state index in [0.29, 0.717) is 23.8 Å². The van der Waals surface area contributed by atoms with E-state index >= 15 is 0 Å². The minimum atomic E-state index is -3.96. The quantitative estimate of drug-likeness (QED) is 0.739. The topological polar surface area (TPSA) is 92.3 Å². The fourth-order valence-corrected chi connectivity index (χ4v) is 4.27. The largest absolute Gasteiger partial charge is 0.335 e. The number of Topliss-reactive ketones (excluding diaryl/α,β-unsaturated/α-hetero) is 1. The van der Waals surface area contributed by atoms with E-state index in [1.165, 1.54) is 24.3 Å². The average Bonchev–Trinajstić information content (AvgIpc) is 2.61. The van der Waals surface area contributed by atoms with Crippen molar-refractivity contribution in [2.45, 2.75) is 63.8 Å². The van der Waals surface area contributed by atoms with Crippen LogP contribution in [0.4, 0.5) is 4.79 Å². The lowest BCUT2D eigenvalue weighted by atomic mass is 9.80. The van der Waals surface area contributed by atoms with E-state index in [1.807, 2.05) is 0 Å². The SMILES string of the molecule is CCC(=O)c1ccc(S(=O)(=O)NC(=O)NC2CCC(C(C)C)CC2)cc1. The standard InChI is InChI=1S/C19H28N2O4S/c1-4-18(22)15-7-11-17(12-8-15)26(24,25)21-19(23)20-16-9-5-14(6-10-16)13(2)3/h7-8,11-14,16H,4-6,9-10H2,1-3H3,(H2,20,21,23). The van der Waals surface area contributed by atoms with Gasteiger partial charge in [0.05, 0.1) is 4.90 Å². The van der Waals surface area contributed by atoms with Crippen LogP contribution in [0.5, 0.6) is 0 Å². The molecule has 1 saturated carbocycles. The zero-order valence-corrected chi connectivity index (χ0v) is 16.4. The molecule has 6 nitrogen and oxygen atoms in total. The predicted octanol–water partition coefficient (Wildman–Crippen LogP) is 3.48. The molecule has 0 spiro atoms. The smallest absolute Gasteiger partial charge is 0.328 e. The third-order valence-corrected chi connectivity index (χ3v) is 6.43. The summed E-state index contributed by atoms with van der Waals surface area (Å²) in [5, 5.41) is 2.76. The van der Waals surface area contributed by atoms with Crippen molar-refractivity contribution in [3.63, 3.8) is 0 Å². The third kappa shape index (κ3) is 5.30. The van der Waals surface area contributed by atoms with Gasteiger partial charge in [-0.1, -0.05) is 32.9 Å². The summed E-state index contributed by atoms with van der Waals surface area (Å²) in [6.07, 6.45) is 4.17. The van der Waals surface area contributed by atoms with Gasteiger partial charge in [-0.2, -0.15) is 0 Å². The average molecular weight is 381 g/mol. The van der Waals surface area contributed by atoms with E-state index in [4.69, 9.17) is 0 Å². The maximum Gasteiger partial charge on any atom is 0.328 e. The molecule has 1 fully saturated rings. The third-order valence-electron chi connectivity index (χ3n) is 5.08. The van der Waals surface area contributed by atoms with E-state index in [1.54, 1.807) is 6.92 Å². The summed E-state index contributed by atoms with van der Waals surface area (Å²) in [5.74, 6) is 1.24. The van der Waals surface area contributed by atoms with Gasteiger partial charge >= 0.3 is 6.03 Å². The molecule has 7 heteroatoms. The van der Waals surface area contributed by atoms with Crippen molar-refractivity contribution >= 4 is 21.8 Å². The molecule has 1 aliphatic carbocycles. The molecule has 144 valence electrons. The molecular formula is C19H28N2O4S. The van der Waals surface area contributed by atoms with Crippen molar-refractivity contribution in [1.29, 1.82) is 0 Å². The first-order chi connectivity index (χ1) is 12.2. The number of sulfonamides is 1. The minimum absolute atomic E-state index is 0.00440. The molecule has 0 aliphatic heterocycles. The molecule has 0 saturated heterocycles. The maximum atomic E-state index is 12.3. The molecule has 2 rings (SSSR count). The Bertz CT molecular complexity index is 733. The summed E-state index contributed by atoms with van der Waals surface area (Å²) in [6, 6.07) is 4.91. The molecule has 0 unspecified atom stereocenters. The van der Waals surface area contributed by atoms with Crippen LogP contribution in [0, 0.1) is 11.8 Å². The summed E-state index contributed by atoms with van der Waals surface area (Å²) < 4.78 is 26.7. The van der Waals surface area contributed by atoms with Gasteiger partial charge in [0.25, 0.3) is 10.0 Å². The Morgan fingerprint density at radius 1 is 1.08 bits per heavy atom. The number of hydrogen-bond donors (Lipinski definition) is 2. The molecule has 0 heterocycles. The summed E-state index contributed by atoms with van der Waals surface area (Å²) in [6.45, 7) is 6.15. The number of carbonyl (C=O) groups is 2. The van der Waals surface area contributed by atoms with Crippen molar-refractivity contribution in [2.75, 3.05) is 0 Å². The zero-order chi connectivity index (χ0) is 19.3. The van der Waals surface area contributed by atoms with Gasteiger partial charge in [0.15, 0.2) is 5.78 Å². The Kier molecular flexibility index (Phi) is 6.81. The van der Waals surface area contributed by atoms with E-state index < -0.39 is 16.1 Å². The van der Waals surface area contributed by atoms with Crippen molar-refractivity contribution in [3.05, 3.63) is 29.8 Å². The molecule has 1 aromatic carbocycles. The van der Waals surface area contributed by atoms with Crippen molar-refractivity contribution in [1.82, 2.24) is 10.0 Å². The highest BCUT2D eigenvalue weighted by Gasteiger charge is 2.25. The van der Waals surface area contributed by atoms with E-state index in [-0.39, 0.29) is 16.7 Å². The number of carbonyl (C=O) groups excluding carboxylic acids is 2. The van der Waals surface area contributed by atoms with Gasteiger partial charge < -0.3 is 5.32 Å². The lowest BCUT2D eigenvalue weighted by Gasteiger charge is -2.31. The molecule has 1 aliphatic rings. The lowest BCUT2D eigenvalue weighted by molar-refractivity contribution is 0.0988. The molecule has 0 bridgehead atoms. The van der Waals surface area contributed by atoms with E-state index in [0.717, 1.165) is 25.7 Å². The van der Waals surface area contributed by atoms with Gasteiger partial charge in [0.2, 0.25) is 0 Å². The van der Waals surface area contributed by atoms with Gasteiger partial charge in [-0.15, -0.1) is 0 Å². The van der Waals surface area contributed by atoms with Crippen LogP contribution in [0.1, 0.15) is 63.2 Å². The van der Waals surface area contributed by atoms with Crippen molar-refractivity contribution in [2.24, 2.45) is 11.8 Å². The molecule has 2 N–H and O–H groups in total. The number of amides is 2. The highest BCUT2D eigenvalue weighted by atomic mass is 32.2. The fraction of sp³-hybridized carbons (Fsp3) is 0.579. The van der Waals surface area contributed by atoms with Crippen LogP contribution in [-0.2, 0) is 10.0 Å². The maximum absolute atomic E-state index is 12.3. The Balaban J connectivity index is 1.92. The minimum Gasteiger partial charge on any atom is -0.335 e. The zero-order valence-electron chi connectivity index (χ0n) is 15.6. The summed E-state index contributed by atoms with van der Waals surface area (Å²) in [7, 11) is -3.96. The Hall–Kier alpha value is -1.89. The van der Waals surface area contributed by atoms with E-state index in [2.05, 4.69) is 23.9 Å². The van der Waals surface area contributed by atoms with Crippen LogP contribution in [0.2, 0.25) is 0 Å². The monoisotopic (exact) mass is 380 g/mol. The molecule has 0 atom stereocenters. The van der Waals surface area contributed by atoms with Crippen LogP contribution in [0.15, 0.2) is 29.2 Å². The van der Waals surface area contributed by atoms with Gasteiger partial charge in [0.1, 0.15) is 0 Å².